The molecule has 112 valence electrons. The number of piperazine rings is 1. The number of rotatable bonds is 5. The molecular weight excluding hydrogens is 248 g/mol. The maximum Gasteiger partial charge on any atom is 0.126 e. The van der Waals surface area contributed by atoms with Crippen molar-refractivity contribution in [2.24, 2.45) is 0 Å². The van der Waals surface area contributed by atoms with Gasteiger partial charge in [-0.05, 0) is 45.4 Å². The van der Waals surface area contributed by atoms with Crippen molar-refractivity contribution < 1.29 is 4.42 Å². The zero-order valence-corrected chi connectivity index (χ0v) is 13.3. The van der Waals surface area contributed by atoms with Crippen LogP contribution < -0.4 is 0 Å². The van der Waals surface area contributed by atoms with Gasteiger partial charge in [0.05, 0.1) is 6.26 Å². The summed E-state index contributed by atoms with van der Waals surface area (Å²) in [7, 11) is 0. The Morgan fingerprint density at radius 3 is 2.85 bits per heavy atom. The molecule has 1 saturated heterocycles. The highest BCUT2D eigenvalue weighted by atomic mass is 16.3. The Bertz CT molecular complexity index is 422. The molecule has 1 aliphatic heterocycles. The zero-order valence-electron chi connectivity index (χ0n) is 13.3. The van der Waals surface area contributed by atoms with Crippen molar-refractivity contribution in [3.63, 3.8) is 0 Å². The van der Waals surface area contributed by atoms with Gasteiger partial charge in [0.25, 0.3) is 0 Å². The predicted molar refractivity (Wildman–Crippen MR) is 84.7 cm³/mol. The van der Waals surface area contributed by atoms with Gasteiger partial charge in [-0.3, -0.25) is 9.80 Å². The van der Waals surface area contributed by atoms with Gasteiger partial charge >= 0.3 is 0 Å². The number of hydrogen-bond donors (Lipinski definition) is 0. The Morgan fingerprint density at radius 1 is 1.45 bits per heavy atom. The van der Waals surface area contributed by atoms with Gasteiger partial charge < -0.3 is 4.42 Å². The highest BCUT2D eigenvalue weighted by Crippen LogP contribution is 2.17. The normalized spacial score (nSPS) is 22.6. The first-order valence-corrected chi connectivity index (χ1v) is 7.79. The smallest absolute Gasteiger partial charge is 0.126 e. The molecule has 1 aromatic rings. The van der Waals surface area contributed by atoms with Crippen molar-refractivity contribution in [3.8, 4) is 0 Å². The third-order valence-electron chi connectivity index (χ3n) is 4.15. The summed E-state index contributed by atoms with van der Waals surface area (Å²) in [5.41, 5.74) is 1.37. The molecular formula is C17H28N2O. The lowest BCUT2D eigenvalue weighted by Crippen LogP contribution is -2.55. The van der Waals surface area contributed by atoms with Crippen molar-refractivity contribution in [3.05, 3.63) is 29.7 Å². The van der Waals surface area contributed by atoms with Crippen LogP contribution in [-0.4, -0.2) is 48.1 Å². The molecule has 1 aliphatic rings. The minimum Gasteiger partial charge on any atom is -0.465 e. The minimum absolute atomic E-state index is 0.654. The van der Waals surface area contributed by atoms with E-state index in [1.54, 1.807) is 6.26 Å². The topological polar surface area (TPSA) is 19.6 Å². The fourth-order valence-corrected chi connectivity index (χ4v) is 3.14. The predicted octanol–water partition coefficient (Wildman–Crippen LogP) is 3.49. The molecule has 0 radical (unpaired) electrons. The summed E-state index contributed by atoms with van der Waals surface area (Å²) in [6.45, 7) is 13.7. The molecule has 1 fully saturated rings. The molecule has 0 saturated carbocycles. The fourth-order valence-electron chi connectivity index (χ4n) is 3.14. The van der Waals surface area contributed by atoms with E-state index < -0.39 is 0 Å². The molecule has 3 nitrogen and oxygen atoms in total. The molecule has 0 spiro atoms. The Kier molecular flexibility index (Phi) is 5.44. The average Bonchev–Trinajstić information content (AvgIpc) is 2.90. The summed E-state index contributed by atoms with van der Waals surface area (Å²) in [5.74, 6) is 0.954. The van der Waals surface area contributed by atoms with Crippen LogP contribution in [0.4, 0.5) is 0 Å². The van der Waals surface area contributed by atoms with Gasteiger partial charge in [0.1, 0.15) is 5.76 Å². The largest absolute Gasteiger partial charge is 0.465 e. The summed E-state index contributed by atoms with van der Waals surface area (Å²) in [5, 5.41) is 0. The second kappa shape index (κ2) is 7.09. The molecule has 0 aliphatic carbocycles. The standard InChI is InChI=1S/C17H28N2O/c1-5-16-13-18(8-9-19(16)14(2)3)12-15(4)11-17-7-6-10-20-17/h6-7,10-11,14,16H,5,8-9,12-13H2,1-4H3/b15-11+/t16-/m1/s1. The molecule has 0 aromatic carbocycles. The molecule has 2 rings (SSSR count). The van der Waals surface area contributed by atoms with E-state index >= 15 is 0 Å². The first-order chi connectivity index (χ1) is 9.60. The van der Waals surface area contributed by atoms with Gasteiger partial charge in [-0.1, -0.05) is 12.5 Å². The maximum absolute atomic E-state index is 5.38. The lowest BCUT2D eigenvalue weighted by molar-refractivity contribution is 0.0541. The highest BCUT2D eigenvalue weighted by molar-refractivity contribution is 5.46. The van der Waals surface area contributed by atoms with E-state index in [1.165, 1.54) is 25.1 Å². The van der Waals surface area contributed by atoms with Crippen LogP contribution in [0.15, 0.2) is 28.4 Å². The number of nitrogens with zero attached hydrogens (tertiary/aromatic N) is 2. The monoisotopic (exact) mass is 276 g/mol. The van der Waals surface area contributed by atoms with Gasteiger partial charge in [-0.2, -0.15) is 0 Å². The SMILES string of the molecule is CC[C@@H]1CN(C/C(C)=C/c2ccco2)CCN1C(C)C. The molecule has 0 amide bonds. The van der Waals surface area contributed by atoms with E-state index in [-0.39, 0.29) is 0 Å². The molecule has 1 aromatic heterocycles. The van der Waals surface area contributed by atoms with Crippen molar-refractivity contribution in [1.82, 2.24) is 9.80 Å². The van der Waals surface area contributed by atoms with Crippen molar-refractivity contribution >= 4 is 6.08 Å². The fraction of sp³-hybridized carbons (Fsp3) is 0.647. The van der Waals surface area contributed by atoms with Crippen molar-refractivity contribution in [1.29, 1.82) is 0 Å². The van der Waals surface area contributed by atoms with E-state index in [1.807, 2.05) is 12.1 Å². The van der Waals surface area contributed by atoms with Crippen LogP contribution in [0.3, 0.4) is 0 Å². The van der Waals surface area contributed by atoms with Crippen LogP contribution in [0, 0.1) is 0 Å². The Balaban J connectivity index is 1.91. The summed E-state index contributed by atoms with van der Waals surface area (Å²) in [6, 6.07) is 5.30. The van der Waals surface area contributed by atoms with E-state index in [2.05, 4.69) is 43.6 Å². The van der Waals surface area contributed by atoms with Gasteiger partial charge in [0.15, 0.2) is 0 Å². The molecule has 1 atom stereocenters. The van der Waals surface area contributed by atoms with Gasteiger partial charge in [0.2, 0.25) is 0 Å². The second-order valence-electron chi connectivity index (χ2n) is 6.13. The Hall–Kier alpha value is -1.06. The quantitative estimate of drug-likeness (QED) is 0.821. The van der Waals surface area contributed by atoms with E-state index in [9.17, 15) is 0 Å². The molecule has 3 heteroatoms. The molecule has 0 bridgehead atoms. The first kappa shape index (κ1) is 15.3. The summed E-state index contributed by atoms with van der Waals surface area (Å²) in [6.07, 6.45) is 5.11. The van der Waals surface area contributed by atoms with E-state index in [0.29, 0.717) is 12.1 Å². The van der Waals surface area contributed by atoms with Gasteiger partial charge in [0, 0.05) is 38.3 Å². The molecule has 0 unspecified atom stereocenters. The van der Waals surface area contributed by atoms with Gasteiger partial charge in [-0.25, -0.2) is 0 Å². The molecule has 2 heterocycles. The second-order valence-corrected chi connectivity index (χ2v) is 6.13. The van der Waals surface area contributed by atoms with E-state index in [0.717, 1.165) is 18.8 Å². The highest BCUT2D eigenvalue weighted by Gasteiger charge is 2.27. The lowest BCUT2D eigenvalue weighted by atomic mass is 10.1. The summed E-state index contributed by atoms with van der Waals surface area (Å²) < 4.78 is 5.38. The maximum atomic E-state index is 5.38. The van der Waals surface area contributed by atoms with Crippen LogP contribution in [-0.2, 0) is 0 Å². The molecule has 0 N–H and O–H groups in total. The lowest BCUT2D eigenvalue weighted by Gasteiger charge is -2.43. The molecule has 20 heavy (non-hydrogen) atoms. The number of furan rings is 1. The number of hydrogen-bond acceptors (Lipinski definition) is 3. The average molecular weight is 276 g/mol. The van der Waals surface area contributed by atoms with Gasteiger partial charge in [-0.15, -0.1) is 0 Å². The van der Waals surface area contributed by atoms with Crippen molar-refractivity contribution in [2.75, 3.05) is 26.2 Å². The first-order valence-electron chi connectivity index (χ1n) is 7.79. The third-order valence-corrected chi connectivity index (χ3v) is 4.15. The summed E-state index contributed by atoms with van der Waals surface area (Å²) >= 11 is 0. The third kappa shape index (κ3) is 3.97. The van der Waals surface area contributed by atoms with Crippen LogP contribution in [0.5, 0.6) is 0 Å². The minimum atomic E-state index is 0.654. The Labute approximate surface area is 123 Å². The zero-order chi connectivity index (χ0) is 14.5. The summed E-state index contributed by atoms with van der Waals surface area (Å²) in [4.78, 5) is 5.21. The van der Waals surface area contributed by atoms with Crippen LogP contribution in [0.1, 0.15) is 39.9 Å². The van der Waals surface area contributed by atoms with Crippen LogP contribution in [0.2, 0.25) is 0 Å². The Morgan fingerprint density at radius 2 is 2.25 bits per heavy atom. The van der Waals surface area contributed by atoms with E-state index in [4.69, 9.17) is 4.42 Å². The van der Waals surface area contributed by atoms with Crippen LogP contribution >= 0.6 is 0 Å². The van der Waals surface area contributed by atoms with Crippen molar-refractivity contribution in [2.45, 2.75) is 46.2 Å². The van der Waals surface area contributed by atoms with Crippen LogP contribution in [0.25, 0.3) is 6.08 Å².